The Bertz CT molecular complexity index is 1640. The molecule has 0 aliphatic carbocycles. The third-order valence-corrected chi connectivity index (χ3v) is 9.90. The normalized spacial score (nSPS) is 21.2. The van der Waals surface area contributed by atoms with Gasteiger partial charge >= 0.3 is 12.1 Å². The number of carbonyl (C=O) groups excluding carboxylic acids is 2. The molecule has 1 fully saturated rings. The number of carboxylic acid groups (broad SMARTS) is 1. The monoisotopic (exact) mass is 695 g/mol. The molecule has 2 aromatic carbocycles. The van der Waals surface area contributed by atoms with Crippen LogP contribution in [0.2, 0.25) is 10.0 Å². The number of nitrogens with zero attached hydrogens (tertiary/aromatic N) is 3. The molecule has 46 heavy (non-hydrogen) atoms. The number of halogens is 2. The van der Waals surface area contributed by atoms with E-state index >= 15 is 0 Å². The quantitative estimate of drug-likeness (QED) is 0.228. The van der Waals surface area contributed by atoms with Crippen LogP contribution in [-0.2, 0) is 35.8 Å². The van der Waals surface area contributed by atoms with Gasteiger partial charge in [0.25, 0.3) is 5.91 Å². The van der Waals surface area contributed by atoms with Gasteiger partial charge in [0.2, 0.25) is 10.0 Å². The Labute approximate surface area is 274 Å². The van der Waals surface area contributed by atoms with E-state index in [-0.39, 0.29) is 35.3 Å². The molecule has 1 saturated heterocycles. The van der Waals surface area contributed by atoms with E-state index in [4.69, 9.17) is 32.8 Å². The van der Waals surface area contributed by atoms with Crippen molar-refractivity contribution in [1.82, 2.24) is 25.6 Å². The van der Waals surface area contributed by atoms with Crippen LogP contribution in [0.3, 0.4) is 0 Å². The lowest BCUT2D eigenvalue weighted by Gasteiger charge is -2.24. The zero-order valence-corrected chi connectivity index (χ0v) is 26.6. The molecule has 2 aromatic rings. The summed E-state index contributed by atoms with van der Waals surface area (Å²) in [6, 6.07) is 11.1. The number of amides is 2. The number of guanidine groups is 1. The van der Waals surface area contributed by atoms with E-state index in [2.05, 4.69) is 26.1 Å². The molecule has 18 heteroatoms. The number of hydrogen-bond acceptors (Lipinski definition) is 11. The maximum absolute atomic E-state index is 13.2. The van der Waals surface area contributed by atoms with Crippen molar-refractivity contribution in [3.05, 3.63) is 64.1 Å². The maximum Gasteiger partial charge on any atom is 0.410 e. The highest BCUT2D eigenvalue weighted by Crippen LogP contribution is 2.38. The molecule has 3 heterocycles. The smallest absolute Gasteiger partial charge is 0.410 e. The first-order valence-corrected chi connectivity index (χ1v) is 16.4. The molecule has 0 radical (unpaired) electrons. The number of rotatable bonds is 11. The Hall–Kier alpha value is -4.12. The molecule has 3 aliphatic rings. The first-order chi connectivity index (χ1) is 22.0. The van der Waals surface area contributed by atoms with E-state index in [1.807, 2.05) is 35.1 Å². The van der Waals surface area contributed by atoms with Gasteiger partial charge in [-0.3, -0.25) is 19.5 Å². The highest BCUT2D eigenvalue weighted by atomic mass is 35.5. The largest absolute Gasteiger partial charge is 0.480 e. The van der Waals surface area contributed by atoms with Crippen LogP contribution in [0.1, 0.15) is 18.4 Å². The van der Waals surface area contributed by atoms with Crippen LogP contribution in [0.15, 0.2) is 63.6 Å². The molecule has 0 aromatic heterocycles. The summed E-state index contributed by atoms with van der Waals surface area (Å²) in [5.74, 6) is -1.70. The first kappa shape index (κ1) is 33.2. The number of hydrogen-bond donors (Lipinski definition) is 5. The van der Waals surface area contributed by atoms with Crippen LogP contribution in [-0.4, -0.2) is 98.5 Å². The van der Waals surface area contributed by atoms with Crippen molar-refractivity contribution in [2.45, 2.75) is 42.0 Å². The van der Waals surface area contributed by atoms with Crippen molar-refractivity contribution in [1.29, 1.82) is 0 Å². The number of aliphatic imine (C=N–C) groups is 1. The van der Waals surface area contributed by atoms with E-state index in [0.29, 0.717) is 32.0 Å². The van der Waals surface area contributed by atoms with Gasteiger partial charge in [-0.05, 0) is 17.7 Å². The third-order valence-electron chi connectivity index (χ3n) is 7.48. The molecule has 5 N–H and O–H groups in total. The van der Waals surface area contributed by atoms with E-state index < -0.39 is 57.1 Å². The molecule has 2 amide bonds. The van der Waals surface area contributed by atoms with Gasteiger partial charge in [-0.25, -0.2) is 13.2 Å². The fourth-order valence-electron chi connectivity index (χ4n) is 5.27. The highest BCUT2D eigenvalue weighted by molar-refractivity contribution is 7.89. The van der Waals surface area contributed by atoms with E-state index in [1.54, 1.807) is 0 Å². The lowest BCUT2D eigenvalue weighted by Crippen LogP contribution is -2.49. The molecule has 0 saturated carbocycles. The van der Waals surface area contributed by atoms with Crippen molar-refractivity contribution in [3.8, 4) is 0 Å². The zero-order valence-electron chi connectivity index (χ0n) is 24.2. The molecule has 15 nitrogen and oxygen atoms in total. The van der Waals surface area contributed by atoms with Gasteiger partial charge in [0, 0.05) is 32.5 Å². The van der Waals surface area contributed by atoms with Gasteiger partial charge in [-0.1, -0.05) is 64.8 Å². The van der Waals surface area contributed by atoms with Crippen molar-refractivity contribution in [2.75, 3.05) is 32.7 Å². The van der Waals surface area contributed by atoms with E-state index in [0.717, 1.165) is 5.56 Å². The van der Waals surface area contributed by atoms with Crippen LogP contribution in [0.5, 0.6) is 0 Å². The molecule has 5 rings (SSSR count). The van der Waals surface area contributed by atoms with Crippen molar-refractivity contribution >= 4 is 62.9 Å². The maximum atomic E-state index is 13.2. The van der Waals surface area contributed by atoms with Crippen LogP contribution < -0.4 is 20.7 Å². The van der Waals surface area contributed by atoms with Crippen molar-refractivity contribution in [2.24, 2.45) is 10.1 Å². The summed E-state index contributed by atoms with van der Waals surface area (Å²) in [6.45, 7) is 1.18. The molecule has 2 unspecified atom stereocenters. The number of oxime groups is 1. The summed E-state index contributed by atoms with van der Waals surface area (Å²) in [6.07, 6.45) is -0.245. The van der Waals surface area contributed by atoms with Crippen LogP contribution in [0, 0.1) is 0 Å². The highest BCUT2D eigenvalue weighted by Gasteiger charge is 2.53. The molecular formula is C28H31Cl2N7O8S. The standard InChI is InChI=1S/C28H31Cl2N7O8S/c29-19-7-4-8-20(30)23(19)46(42,43)36-22(25(39)40)14-33-24(38)21-12-28(45-35-21)11-18(13-34-26-31-9-10-32-26)37(16-28)27(41)44-15-17-5-2-1-3-6-17/h1-8,18,22,36H,9-16H2,(H,33,38)(H,39,40)(H2,31,32,34)/t18?,22-,28?/m0/s1. The minimum atomic E-state index is -4.47. The Balaban J connectivity index is 1.21. The number of likely N-dealkylation sites (tertiary alicyclic amines) is 1. The fourth-order valence-corrected chi connectivity index (χ4v) is 7.60. The SMILES string of the molecule is O=C(NC[C@H](NS(=O)(=O)c1c(Cl)cccc1Cl)C(=O)O)C1=NOC2(C1)CC(CNC1=NCCN1)N(C(=O)OCc1ccccc1)C2. The minimum absolute atomic E-state index is 0.00961. The number of aliphatic carboxylic acids is 1. The predicted octanol–water partition coefficient (Wildman–Crippen LogP) is 1.32. The molecule has 0 bridgehead atoms. The summed E-state index contributed by atoms with van der Waals surface area (Å²) in [7, 11) is -4.47. The summed E-state index contributed by atoms with van der Waals surface area (Å²) in [4.78, 5) is 49.2. The first-order valence-electron chi connectivity index (χ1n) is 14.2. The number of nitrogens with one attached hydrogen (secondary N) is 4. The average molecular weight is 697 g/mol. The van der Waals surface area contributed by atoms with E-state index in [1.165, 1.54) is 23.1 Å². The average Bonchev–Trinajstić information content (AvgIpc) is 3.78. The minimum Gasteiger partial charge on any atom is -0.480 e. The van der Waals surface area contributed by atoms with Crippen LogP contribution in [0.4, 0.5) is 4.79 Å². The second-order valence-corrected chi connectivity index (χ2v) is 13.3. The number of carbonyl (C=O) groups is 3. The van der Waals surface area contributed by atoms with Gasteiger partial charge < -0.3 is 30.6 Å². The molecule has 3 atom stereocenters. The predicted molar refractivity (Wildman–Crippen MR) is 167 cm³/mol. The van der Waals surface area contributed by atoms with Gasteiger partial charge in [0.15, 0.2) is 11.6 Å². The summed E-state index contributed by atoms with van der Waals surface area (Å²) in [5.41, 5.74) is -0.265. The second kappa shape index (κ2) is 14.1. The van der Waals surface area contributed by atoms with Gasteiger partial charge in [0.05, 0.1) is 29.2 Å². The lowest BCUT2D eigenvalue weighted by molar-refractivity contribution is -0.138. The molecule has 246 valence electrons. The lowest BCUT2D eigenvalue weighted by atomic mass is 9.94. The zero-order chi connectivity index (χ0) is 32.9. The number of carboxylic acids is 1. The second-order valence-electron chi connectivity index (χ2n) is 10.8. The Morgan fingerprint density at radius 2 is 1.89 bits per heavy atom. The molecular weight excluding hydrogens is 665 g/mol. The Kier molecular flexibility index (Phi) is 10.2. The number of benzene rings is 2. The van der Waals surface area contributed by atoms with E-state index in [9.17, 15) is 27.9 Å². The van der Waals surface area contributed by atoms with Crippen molar-refractivity contribution in [3.63, 3.8) is 0 Å². The van der Waals surface area contributed by atoms with Crippen LogP contribution >= 0.6 is 23.2 Å². The van der Waals surface area contributed by atoms with Crippen LogP contribution in [0.25, 0.3) is 0 Å². The molecule has 1 spiro atoms. The summed E-state index contributed by atoms with van der Waals surface area (Å²) < 4.78 is 33.3. The van der Waals surface area contributed by atoms with Gasteiger partial charge in [-0.2, -0.15) is 4.72 Å². The summed E-state index contributed by atoms with van der Waals surface area (Å²) >= 11 is 12.0. The van der Waals surface area contributed by atoms with Crippen molar-refractivity contribution < 1.29 is 37.5 Å². The Morgan fingerprint density at radius 3 is 2.57 bits per heavy atom. The molecule has 3 aliphatic heterocycles. The Morgan fingerprint density at radius 1 is 1.15 bits per heavy atom. The fraction of sp³-hybridized carbons (Fsp3) is 0.393. The summed E-state index contributed by atoms with van der Waals surface area (Å²) in [5, 5.41) is 21.9. The number of sulfonamides is 1. The van der Waals surface area contributed by atoms with Gasteiger partial charge in [0.1, 0.15) is 23.3 Å². The topological polar surface area (TPSA) is 200 Å². The van der Waals surface area contributed by atoms with Gasteiger partial charge in [-0.15, -0.1) is 0 Å². The number of ether oxygens (including phenoxy) is 1. The third kappa shape index (κ3) is 7.81.